The molecule has 1 heteroatoms. The van der Waals surface area contributed by atoms with Gasteiger partial charge in [-0.25, -0.2) is 0 Å². The van der Waals surface area contributed by atoms with E-state index in [1.165, 1.54) is 16.7 Å². The summed E-state index contributed by atoms with van der Waals surface area (Å²) < 4.78 is 0. The fraction of sp³-hybridized carbons (Fsp3) is 0.381. The third-order valence-corrected chi connectivity index (χ3v) is 4.41. The van der Waals surface area contributed by atoms with E-state index in [4.69, 9.17) is 0 Å². The Labute approximate surface area is 134 Å². The van der Waals surface area contributed by atoms with Gasteiger partial charge in [0.15, 0.2) is 0 Å². The molecule has 116 valence electrons. The summed E-state index contributed by atoms with van der Waals surface area (Å²) in [6.45, 7) is 10.7. The highest BCUT2D eigenvalue weighted by Crippen LogP contribution is 2.30. The third-order valence-electron chi connectivity index (χ3n) is 4.41. The van der Waals surface area contributed by atoms with E-state index in [1.54, 1.807) is 0 Å². The van der Waals surface area contributed by atoms with Gasteiger partial charge in [0.2, 0.25) is 0 Å². The Kier molecular flexibility index (Phi) is 4.55. The van der Waals surface area contributed by atoms with E-state index in [2.05, 4.69) is 64.1 Å². The highest BCUT2D eigenvalue weighted by atomic mass is 16.1. The molecular weight excluding hydrogens is 268 g/mol. The van der Waals surface area contributed by atoms with E-state index in [-0.39, 0.29) is 5.41 Å². The van der Waals surface area contributed by atoms with Crippen LogP contribution < -0.4 is 0 Å². The van der Waals surface area contributed by atoms with E-state index < -0.39 is 5.41 Å². The first-order chi connectivity index (χ1) is 10.3. The molecular formula is C21H26O. The highest BCUT2D eigenvalue weighted by molar-refractivity contribution is 5.69. The zero-order valence-electron chi connectivity index (χ0n) is 14.3. The highest BCUT2D eigenvalue weighted by Gasteiger charge is 2.28. The van der Waals surface area contributed by atoms with E-state index in [0.29, 0.717) is 0 Å². The quantitative estimate of drug-likeness (QED) is 0.726. The van der Waals surface area contributed by atoms with Crippen molar-refractivity contribution >= 4 is 6.29 Å². The maximum absolute atomic E-state index is 11.8. The predicted molar refractivity (Wildman–Crippen MR) is 93.4 cm³/mol. The van der Waals surface area contributed by atoms with Crippen molar-refractivity contribution in [1.82, 2.24) is 0 Å². The largest absolute Gasteiger partial charge is 0.302 e. The van der Waals surface area contributed by atoms with Crippen LogP contribution in [0.25, 0.3) is 0 Å². The van der Waals surface area contributed by atoms with Crippen molar-refractivity contribution in [3.05, 3.63) is 70.8 Å². The van der Waals surface area contributed by atoms with Crippen LogP contribution in [0.1, 0.15) is 49.9 Å². The number of carbonyl (C=O) groups is 1. The van der Waals surface area contributed by atoms with Crippen LogP contribution in [0.3, 0.4) is 0 Å². The molecule has 0 radical (unpaired) electrons. The van der Waals surface area contributed by atoms with E-state index in [0.717, 1.165) is 18.3 Å². The van der Waals surface area contributed by atoms with Crippen molar-refractivity contribution in [1.29, 1.82) is 0 Å². The molecule has 2 aromatic rings. The van der Waals surface area contributed by atoms with Crippen molar-refractivity contribution in [2.75, 3.05) is 0 Å². The smallest absolute Gasteiger partial charge is 0.130 e. The lowest BCUT2D eigenvalue weighted by Gasteiger charge is -2.26. The Morgan fingerprint density at radius 3 is 2.00 bits per heavy atom. The molecule has 22 heavy (non-hydrogen) atoms. The van der Waals surface area contributed by atoms with Gasteiger partial charge in [0.1, 0.15) is 6.29 Å². The number of aldehydes is 1. The standard InChI is InChI=1S/C21H26O/c1-16-8-6-7-9-19(16)21(5,15-22)14-17-10-12-18(13-11-17)20(2,3)4/h6-13,15H,14H2,1-5H3. The molecule has 1 atom stereocenters. The minimum absolute atomic E-state index is 0.155. The molecule has 1 unspecified atom stereocenters. The summed E-state index contributed by atoms with van der Waals surface area (Å²) >= 11 is 0. The van der Waals surface area contributed by atoms with Crippen LogP contribution in [0, 0.1) is 6.92 Å². The lowest BCUT2D eigenvalue weighted by atomic mass is 9.76. The molecule has 0 saturated heterocycles. The number of benzene rings is 2. The average molecular weight is 294 g/mol. The molecule has 0 saturated carbocycles. The summed E-state index contributed by atoms with van der Waals surface area (Å²) in [5.41, 5.74) is 4.48. The monoisotopic (exact) mass is 294 g/mol. The van der Waals surface area contributed by atoms with E-state index in [1.807, 2.05) is 19.1 Å². The predicted octanol–water partition coefficient (Wildman–Crippen LogP) is 4.99. The summed E-state index contributed by atoms with van der Waals surface area (Å²) in [6.07, 6.45) is 1.82. The van der Waals surface area contributed by atoms with Crippen LogP contribution in [0.4, 0.5) is 0 Å². The normalized spacial score (nSPS) is 14.4. The summed E-state index contributed by atoms with van der Waals surface area (Å²) in [7, 11) is 0. The zero-order valence-corrected chi connectivity index (χ0v) is 14.3. The fourth-order valence-electron chi connectivity index (χ4n) is 2.96. The Hall–Kier alpha value is -1.89. The van der Waals surface area contributed by atoms with Crippen LogP contribution in [-0.2, 0) is 22.0 Å². The van der Waals surface area contributed by atoms with E-state index >= 15 is 0 Å². The fourth-order valence-corrected chi connectivity index (χ4v) is 2.96. The van der Waals surface area contributed by atoms with Gasteiger partial charge in [-0.1, -0.05) is 69.3 Å². The second-order valence-electron chi connectivity index (χ2n) is 7.47. The van der Waals surface area contributed by atoms with Gasteiger partial charge < -0.3 is 4.79 Å². The first-order valence-electron chi connectivity index (χ1n) is 7.88. The minimum atomic E-state index is -0.478. The number of hydrogen-bond acceptors (Lipinski definition) is 1. The average Bonchev–Trinajstić information content (AvgIpc) is 2.47. The topological polar surface area (TPSA) is 17.1 Å². The van der Waals surface area contributed by atoms with Crippen molar-refractivity contribution in [2.45, 2.75) is 51.9 Å². The second kappa shape index (κ2) is 6.08. The molecule has 1 nitrogen and oxygen atoms in total. The van der Waals surface area contributed by atoms with Crippen LogP contribution in [0.2, 0.25) is 0 Å². The summed E-state index contributed by atoms with van der Waals surface area (Å²) in [5, 5.41) is 0. The summed E-state index contributed by atoms with van der Waals surface area (Å²) in [5.74, 6) is 0. The van der Waals surface area contributed by atoms with Gasteiger partial charge in [-0.15, -0.1) is 0 Å². The third kappa shape index (κ3) is 3.47. The molecule has 0 aliphatic rings. The Morgan fingerprint density at radius 1 is 0.909 bits per heavy atom. The number of carbonyl (C=O) groups excluding carboxylic acids is 1. The van der Waals surface area contributed by atoms with Crippen molar-refractivity contribution < 1.29 is 4.79 Å². The molecule has 0 aliphatic carbocycles. The molecule has 0 N–H and O–H groups in total. The number of hydrogen-bond donors (Lipinski definition) is 0. The van der Waals surface area contributed by atoms with Gasteiger partial charge in [0.25, 0.3) is 0 Å². The maximum atomic E-state index is 11.8. The molecule has 0 bridgehead atoms. The molecule has 0 fully saturated rings. The van der Waals surface area contributed by atoms with Crippen LogP contribution in [0.15, 0.2) is 48.5 Å². The summed E-state index contributed by atoms with van der Waals surface area (Å²) in [6, 6.07) is 16.8. The molecule has 0 spiro atoms. The van der Waals surface area contributed by atoms with Crippen molar-refractivity contribution in [3.63, 3.8) is 0 Å². The Balaban J connectivity index is 2.31. The SMILES string of the molecule is Cc1ccccc1C(C)(C=O)Cc1ccc(C(C)(C)C)cc1. The second-order valence-corrected chi connectivity index (χ2v) is 7.47. The van der Waals surface area contributed by atoms with Gasteiger partial charge in [0, 0.05) is 0 Å². The lowest BCUT2D eigenvalue weighted by Crippen LogP contribution is -2.28. The Morgan fingerprint density at radius 2 is 1.50 bits per heavy atom. The molecule has 2 rings (SSSR count). The van der Waals surface area contributed by atoms with Gasteiger partial charge in [-0.3, -0.25) is 0 Å². The van der Waals surface area contributed by atoms with Crippen LogP contribution >= 0.6 is 0 Å². The molecule has 0 amide bonds. The first kappa shape index (κ1) is 16.5. The van der Waals surface area contributed by atoms with Gasteiger partial charge in [-0.05, 0) is 47.9 Å². The Bertz CT molecular complexity index is 646. The molecule has 2 aromatic carbocycles. The van der Waals surface area contributed by atoms with Gasteiger partial charge in [-0.2, -0.15) is 0 Å². The van der Waals surface area contributed by atoms with Crippen molar-refractivity contribution in [2.24, 2.45) is 0 Å². The van der Waals surface area contributed by atoms with E-state index in [9.17, 15) is 4.79 Å². The molecule has 0 aliphatic heterocycles. The number of aryl methyl sites for hydroxylation is 1. The maximum Gasteiger partial charge on any atom is 0.130 e. The molecule has 0 aromatic heterocycles. The van der Waals surface area contributed by atoms with Crippen molar-refractivity contribution in [3.8, 4) is 0 Å². The van der Waals surface area contributed by atoms with Crippen LogP contribution in [0.5, 0.6) is 0 Å². The number of rotatable bonds is 4. The zero-order chi connectivity index (χ0) is 16.4. The minimum Gasteiger partial charge on any atom is -0.302 e. The lowest BCUT2D eigenvalue weighted by molar-refractivity contribution is -0.112. The van der Waals surface area contributed by atoms with Gasteiger partial charge >= 0.3 is 0 Å². The first-order valence-corrected chi connectivity index (χ1v) is 7.88. The molecule has 0 heterocycles. The van der Waals surface area contributed by atoms with Crippen LogP contribution in [-0.4, -0.2) is 6.29 Å². The van der Waals surface area contributed by atoms with Gasteiger partial charge in [0.05, 0.1) is 5.41 Å². The summed E-state index contributed by atoms with van der Waals surface area (Å²) in [4.78, 5) is 11.8.